The number of carbonyl (C=O) groups excluding carboxylic acids is 2. The average molecular weight is 234 g/mol. The van der Waals surface area contributed by atoms with Crippen molar-refractivity contribution in [3.05, 3.63) is 35.4 Å². The van der Waals surface area contributed by atoms with E-state index in [4.69, 9.17) is 9.47 Å². The van der Waals surface area contributed by atoms with Crippen LogP contribution in [-0.4, -0.2) is 25.2 Å². The van der Waals surface area contributed by atoms with Crippen LogP contribution in [-0.2, 0) is 9.47 Å². The number of hydrogen-bond acceptors (Lipinski definition) is 4. The Hall–Kier alpha value is -1.84. The van der Waals surface area contributed by atoms with Crippen molar-refractivity contribution < 1.29 is 19.1 Å². The van der Waals surface area contributed by atoms with Crippen molar-refractivity contribution in [1.82, 2.24) is 0 Å². The van der Waals surface area contributed by atoms with E-state index in [2.05, 4.69) is 0 Å². The van der Waals surface area contributed by atoms with Crippen molar-refractivity contribution in [3.63, 3.8) is 0 Å². The topological polar surface area (TPSA) is 52.6 Å². The van der Waals surface area contributed by atoms with E-state index in [1.807, 2.05) is 0 Å². The molecule has 4 nitrogen and oxygen atoms in total. The number of hydrogen-bond donors (Lipinski definition) is 0. The van der Waals surface area contributed by atoms with E-state index in [-0.39, 0.29) is 11.9 Å². The zero-order valence-corrected chi connectivity index (χ0v) is 9.48. The minimum atomic E-state index is -0.343. The minimum Gasteiger partial charge on any atom is -0.462 e. The summed E-state index contributed by atoms with van der Waals surface area (Å²) in [4.78, 5) is 23.1. The molecule has 0 atom stereocenters. The van der Waals surface area contributed by atoms with Crippen molar-refractivity contribution in [3.8, 4) is 0 Å². The predicted molar refractivity (Wildman–Crippen MR) is 60.9 cm³/mol. The molecule has 1 aromatic carbocycles. The third-order valence-electron chi connectivity index (χ3n) is 2.61. The number of esters is 2. The molecular weight excluding hydrogens is 220 g/mol. The molecule has 2 aliphatic rings. The van der Waals surface area contributed by atoms with Gasteiger partial charge in [-0.2, -0.15) is 0 Å². The van der Waals surface area contributed by atoms with Gasteiger partial charge in [0.05, 0.1) is 24.3 Å². The molecule has 3 rings (SSSR count). The molecule has 0 N–H and O–H groups in total. The van der Waals surface area contributed by atoms with Crippen molar-refractivity contribution >= 4 is 11.9 Å². The molecule has 0 aromatic heterocycles. The van der Waals surface area contributed by atoms with Crippen molar-refractivity contribution in [1.29, 1.82) is 0 Å². The molecule has 2 heterocycles. The van der Waals surface area contributed by atoms with Crippen molar-refractivity contribution in [2.75, 3.05) is 13.2 Å². The SMILES string of the molecule is O=C1OCCCCCOC(=O)c2ccc1cc2. The standard InChI is InChI=1S/C13H14O4/c14-12-10-4-6-11(7-5-10)13(15)17-9-3-1-2-8-16-12/h4-7H,1-3,8-9H2. The van der Waals surface area contributed by atoms with Gasteiger partial charge in [0.25, 0.3) is 0 Å². The van der Waals surface area contributed by atoms with Gasteiger partial charge in [0.2, 0.25) is 0 Å². The van der Waals surface area contributed by atoms with Crippen LogP contribution >= 0.6 is 0 Å². The summed E-state index contributed by atoms with van der Waals surface area (Å²) in [6.45, 7) is 0.822. The average Bonchev–Trinajstić information content (AvgIpc) is 2.38. The quantitative estimate of drug-likeness (QED) is 0.646. The molecule has 2 aliphatic heterocycles. The van der Waals surface area contributed by atoms with E-state index in [0.717, 1.165) is 19.3 Å². The molecule has 0 saturated carbocycles. The van der Waals surface area contributed by atoms with Gasteiger partial charge in [-0.05, 0) is 43.5 Å². The number of rotatable bonds is 0. The van der Waals surface area contributed by atoms with Gasteiger partial charge in [-0.15, -0.1) is 0 Å². The number of ether oxygens (including phenoxy) is 2. The van der Waals surface area contributed by atoms with E-state index in [0.29, 0.717) is 24.3 Å². The fourth-order valence-corrected chi connectivity index (χ4v) is 1.62. The van der Waals surface area contributed by atoms with Gasteiger partial charge in [-0.25, -0.2) is 9.59 Å². The molecule has 0 fully saturated rings. The van der Waals surface area contributed by atoms with Gasteiger partial charge in [0.15, 0.2) is 0 Å². The van der Waals surface area contributed by atoms with E-state index in [1.54, 1.807) is 24.3 Å². The first-order valence-corrected chi connectivity index (χ1v) is 5.72. The molecule has 1 aromatic rings. The first kappa shape index (κ1) is 11.6. The van der Waals surface area contributed by atoms with Gasteiger partial charge >= 0.3 is 11.9 Å². The molecule has 0 saturated heterocycles. The predicted octanol–water partition coefficient (Wildman–Crippen LogP) is 2.18. The summed E-state index contributed by atoms with van der Waals surface area (Å²) in [5, 5.41) is 0. The highest BCUT2D eigenvalue weighted by Gasteiger charge is 2.11. The Morgan fingerprint density at radius 2 is 1.12 bits per heavy atom. The van der Waals surface area contributed by atoms with Gasteiger partial charge in [0.1, 0.15) is 0 Å². The Balaban J connectivity index is 2.18. The third kappa shape index (κ3) is 3.06. The number of fused-ring (bicyclic) bond motifs is 10. The second-order valence-corrected chi connectivity index (χ2v) is 3.91. The van der Waals surface area contributed by atoms with Crippen molar-refractivity contribution in [2.24, 2.45) is 0 Å². The molecule has 2 bridgehead atoms. The minimum absolute atomic E-state index is 0.343. The van der Waals surface area contributed by atoms with Crippen LogP contribution in [0.1, 0.15) is 40.0 Å². The second-order valence-electron chi connectivity index (χ2n) is 3.91. The van der Waals surface area contributed by atoms with E-state index >= 15 is 0 Å². The fourth-order valence-electron chi connectivity index (χ4n) is 1.62. The summed E-state index contributed by atoms with van der Waals surface area (Å²) >= 11 is 0. The van der Waals surface area contributed by atoms with Crippen LogP contribution in [0.4, 0.5) is 0 Å². The molecule has 4 heteroatoms. The van der Waals surface area contributed by atoms with Crippen LogP contribution < -0.4 is 0 Å². The van der Waals surface area contributed by atoms with Crippen LogP contribution in [0.5, 0.6) is 0 Å². The molecule has 0 radical (unpaired) electrons. The molecule has 17 heavy (non-hydrogen) atoms. The molecule has 0 amide bonds. The first-order chi connectivity index (χ1) is 8.27. The summed E-state index contributed by atoms with van der Waals surface area (Å²) in [6.07, 6.45) is 2.47. The highest BCUT2D eigenvalue weighted by atomic mass is 16.5. The Labute approximate surface area is 99.5 Å². The van der Waals surface area contributed by atoms with Crippen LogP contribution in [0.15, 0.2) is 24.3 Å². The smallest absolute Gasteiger partial charge is 0.338 e. The lowest BCUT2D eigenvalue weighted by molar-refractivity contribution is 0.0483. The van der Waals surface area contributed by atoms with E-state index in [9.17, 15) is 9.59 Å². The van der Waals surface area contributed by atoms with E-state index in [1.165, 1.54) is 0 Å². The van der Waals surface area contributed by atoms with Gasteiger partial charge < -0.3 is 9.47 Å². The van der Waals surface area contributed by atoms with Gasteiger partial charge in [0, 0.05) is 0 Å². The van der Waals surface area contributed by atoms with E-state index < -0.39 is 0 Å². The maximum Gasteiger partial charge on any atom is 0.338 e. The monoisotopic (exact) mass is 234 g/mol. The second kappa shape index (κ2) is 5.48. The summed E-state index contributed by atoms with van der Waals surface area (Å²) in [6, 6.07) is 6.32. The maximum atomic E-state index is 11.6. The fraction of sp³-hybridized carbons (Fsp3) is 0.385. The third-order valence-corrected chi connectivity index (χ3v) is 2.61. The summed E-state index contributed by atoms with van der Waals surface area (Å²) < 4.78 is 10.2. The molecule has 0 aliphatic carbocycles. The highest BCUT2D eigenvalue weighted by molar-refractivity contribution is 5.93. The Morgan fingerprint density at radius 1 is 0.706 bits per heavy atom. The Kier molecular flexibility index (Phi) is 3.75. The van der Waals surface area contributed by atoms with Crippen LogP contribution in [0, 0.1) is 0 Å². The highest BCUT2D eigenvalue weighted by Crippen LogP contribution is 2.10. The van der Waals surface area contributed by atoms with Crippen LogP contribution in [0.3, 0.4) is 0 Å². The lowest BCUT2D eigenvalue weighted by atomic mass is 10.1. The lowest BCUT2D eigenvalue weighted by Crippen LogP contribution is -2.07. The molecule has 0 unspecified atom stereocenters. The first-order valence-electron chi connectivity index (χ1n) is 5.72. The lowest BCUT2D eigenvalue weighted by Gasteiger charge is -2.03. The largest absolute Gasteiger partial charge is 0.462 e. The number of benzene rings is 1. The maximum absolute atomic E-state index is 11.6. The van der Waals surface area contributed by atoms with Gasteiger partial charge in [-0.1, -0.05) is 0 Å². The van der Waals surface area contributed by atoms with Crippen molar-refractivity contribution in [2.45, 2.75) is 19.3 Å². The normalized spacial score (nSPS) is 17.4. The zero-order valence-electron chi connectivity index (χ0n) is 9.48. The number of carbonyl (C=O) groups is 2. The molecule has 0 spiro atoms. The molecule has 90 valence electrons. The Morgan fingerprint density at radius 3 is 1.53 bits per heavy atom. The summed E-state index contributed by atoms with van der Waals surface area (Å²) in [7, 11) is 0. The summed E-state index contributed by atoms with van der Waals surface area (Å²) in [5.74, 6) is -0.687. The summed E-state index contributed by atoms with van der Waals surface area (Å²) in [5.41, 5.74) is 0.918. The van der Waals surface area contributed by atoms with Crippen LogP contribution in [0.2, 0.25) is 0 Å². The van der Waals surface area contributed by atoms with Gasteiger partial charge in [-0.3, -0.25) is 0 Å². The molecular formula is C13H14O4. The van der Waals surface area contributed by atoms with Crippen LogP contribution in [0.25, 0.3) is 0 Å². The zero-order chi connectivity index (χ0) is 12.1. The Bertz CT molecular complexity index is 369.